The van der Waals surface area contributed by atoms with Crippen molar-refractivity contribution in [1.29, 1.82) is 0 Å². The molecule has 0 aliphatic rings. The van der Waals surface area contributed by atoms with Crippen LogP contribution >= 0.6 is 22.6 Å². The van der Waals surface area contributed by atoms with Crippen molar-refractivity contribution in [2.45, 2.75) is 6.92 Å². The molecule has 4 nitrogen and oxygen atoms in total. The Hall–Kier alpha value is -1.37. The van der Waals surface area contributed by atoms with Crippen LogP contribution in [-0.4, -0.2) is 9.97 Å². The molecule has 5 heteroatoms. The van der Waals surface area contributed by atoms with Crippen molar-refractivity contribution in [2.75, 3.05) is 5.73 Å². The number of para-hydroxylation sites is 1. The number of hydrogen-bond acceptors (Lipinski definition) is 4. The predicted molar refractivity (Wildman–Crippen MR) is 70.4 cm³/mol. The highest BCUT2D eigenvalue weighted by Crippen LogP contribution is 2.28. The van der Waals surface area contributed by atoms with Gasteiger partial charge in [-0.05, 0) is 41.1 Å². The molecule has 0 aliphatic carbocycles. The minimum atomic E-state index is 0.307. The van der Waals surface area contributed by atoms with E-state index in [4.69, 9.17) is 10.5 Å². The molecule has 0 saturated carbocycles. The Kier molecular flexibility index (Phi) is 3.23. The number of aryl methyl sites for hydroxylation is 1. The lowest BCUT2D eigenvalue weighted by molar-refractivity contribution is 0.440. The van der Waals surface area contributed by atoms with Gasteiger partial charge in [-0.15, -0.1) is 0 Å². The van der Waals surface area contributed by atoms with Gasteiger partial charge in [0.15, 0.2) is 5.75 Å². The zero-order valence-electron chi connectivity index (χ0n) is 8.64. The first-order valence-corrected chi connectivity index (χ1v) is 5.75. The fourth-order valence-corrected chi connectivity index (χ4v) is 1.54. The Bertz CT molecular complexity index is 479. The zero-order chi connectivity index (χ0) is 11.5. The van der Waals surface area contributed by atoms with Crippen LogP contribution in [0.1, 0.15) is 5.56 Å². The average molecular weight is 327 g/mol. The predicted octanol–water partition coefficient (Wildman–Crippen LogP) is 2.76. The largest absolute Gasteiger partial charge is 0.422 e. The first-order chi connectivity index (χ1) is 7.66. The molecule has 0 unspecified atom stereocenters. The molecule has 16 heavy (non-hydrogen) atoms. The Morgan fingerprint density at radius 3 is 2.56 bits per heavy atom. The van der Waals surface area contributed by atoms with Crippen molar-refractivity contribution >= 4 is 28.3 Å². The Morgan fingerprint density at radius 1 is 1.25 bits per heavy atom. The number of ether oxygens (including phenoxy) is 1. The van der Waals surface area contributed by atoms with E-state index in [-0.39, 0.29) is 0 Å². The van der Waals surface area contributed by atoms with Crippen molar-refractivity contribution < 1.29 is 4.74 Å². The molecule has 0 saturated heterocycles. The minimum Gasteiger partial charge on any atom is -0.422 e. The second-order valence-electron chi connectivity index (χ2n) is 3.28. The molecule has 1 heterocycles. The van der Waals surface area contributed by atoms with Gasteiger partial charge in [0.2, 0.25) is 0 Å². The summed E-state index contributed by atoms with van der Waals surface area (Å²) in [6, 6.07) is 5.90. The molecule has 0 bridgehead atoms. The lowest BCUT2D eigenvalue weighted by Crippen LogP contribution is -1.97. The van der Waals surface area contributed by atoms with E-state index in [0.29, 0.717) is 17.4 Å². The van der Waals surface area contributed by atoms with E-state index >= 15 is 0 Å². The van der Waals surface area contributed by atoms with E-state index in [1.807, 2.05) is 19.1 Å². The van der Waals surface area contributed by atoms with Crippen LogP contribution in [0.4, 0.5) is 5.69 Å². The smallest absolute Gasteiger partial charge is 0.322 e. The summed E-state index contributed by atoms with van der Waals surface area (Å²) in [4.78, 5) is 8.12. The number of nitrogen functional groups attached to an aromatic ring is 1. The van der Waals surface area contributed by atoms with Gasteiger partial charge >= 0.3 is 6.01 Å². The third kappa shape index (κ3) is 2.41. The summed E-state index contributed by atoms with van der Waals surface area (Å²) in [5.41, 5.74) is 7.36. The highest BCUT2D eigenvalue weighted by molar-refractivity contribution is 14.1. The number of halogens is 1. The molecule has 2 rings (SSSR count). The monoisotopic (exact) mass is 327 g/mol. The normalized spacial score (nSPS) is 10.1. The minimum absolute atomic E-state index is 0.307. The van der Waals surface area contributed by atoms with Gasteiger partial charge in [0.05, 0.1) is 5.69 Å². The van der Waals surface area contributed by atoms with Gasteiger partial charge in [0.1, 0.15) is 0 Å². The number of rotatable bonds is 2. The molecule has 0 amide bonds. The van der Waals surface area contributed by atoms with Gasteiger partial charge in [-0.25, -0.2) is 9.97 Å². The van der Waals surface area contributed by atoms with Crippen LogP contribution in [0.15, 0.2) is 30.6 Å². The van der Waals surface area contributed by atoms with Crippen molar-refractivity contribution in [2.24, 2.45) is 0 Å². The fraction of sp³-hybridized carbons (Fsp3) is 0.0909. The lowest BCUT2D eigenvalue weighted by Gasteiger charge is -2.09. The van der Waals surface area contributed by atoms with E-state index < -0.39 is 0 Å². The number of anilines is 1. The van der Waals surface area contributed by atoms with E-state index in [1.165, 1.54) is 0 Å². The molecule has 82 valence electrons. The molecule has 0 aliphatic heterocycles. The van der Waals surface area contributed by atoms with Gasteiger partial charge < -0.3 is 10.5 Å². The number of nitrogens with zero attached hydrogens (tertiary/aromatic N) is 2. The van der Waals surface area contributed by atoms with Gasteiger partial charge in [-0.3, -0.25) is 0 Å². The molecule has 1 aromatic heterocycles. The quantitative estimate of drug-likeness (QED) is 0.681. The first kappa shape index (κ1) is 11.1. The maximum atomic E-state index is 5.82. The topological polar surface area (TPSA) is 61.0 Å². The van der Waals surface area contributed by atoms with E-state index in [2.05, 4.69) is 32.6 Å². The van der Waals surface area contributed by atoms with E-state index in [1.54, 1.807) is 18.5 Å². The van der Waals surface area contributed by atoms with Crippen LogP contribution in [-0.2, 0) is 0 Å². The summed E-state index contributed by atoms with van der Waals surface area (Å²) in [5, 5.41) is 0. The first-order valence-electron chi connectivity index (χ1n) is 4.67. The standard InChI is InChI=1S/C11H10IN3O/c1-7-3-2-4-9(13)10(7)16-11-14-5-8(12)6-15-11/h2-6H,13H2,1H3. The zero-order valence-corrected chi connectivity index (χ0v) is 10.8. The number of aromatic nitrogens is 2. The number of nitrogens with two attached hydrogens (primary N) is 1. The fourth-order valence-electron chi connectivity index (χ4n) is 1.26. The van der Waals surface area contributed by atoms with Crippen LogP contribution in [0.2, 0.25) is 0 Å². The van der Waals surface area contributed by atoms with E-state index in [9.17, 15) is 0 Å². The summed E-state index contributed by atoms with van der Waals surface area (Å²) in [7, 11) is 0. The Labute approximate surface area is 107 Å². The molecule has 0 spiro atoms. The lowest BCUT2D eigenvalue weighted by atomic mass is 10.2. The van der Waals surface area contributed by atoms with Crippen LogP contribution < -0.4 is 10.5 Å². The molecule has 0 fully saturated rings. The van der Waals surface area contributed by atoms with Crippen molar-refractivity contribution in [3.63, 3.8) is 0 Å². The second-order valence-corrected chi connectivity index (χ2v) is 4.52. The van der Waals surface area contributed by atoms with E-state index in [0.717, 1.165) is 9.13 Å². The molecule has 1 aromatic carbocycles. The maximum absolute atomic E-state index is 5.82. The van der Waals surface area contributed by atoms with Crippen molar-refractivity contribution in [3.05, 3.63) is 39.7 Å². The Morgan fingerprint density at radius 2 is 1.94 bits per heavy atom. The molecular weight excluding hydrogens is 317 g/mol. The SMILES string of the molecule is Cc1cccc(N)c1Oc1ncc(I)cn1. The second kappa shape index (κ2) is 4.65. The van der Waals surface area contributed by atoms with Gasteiger partial charge in [-0.1, -0.05) is 12.1 Å². The molecule has 2 N–H and O–H groups in total. The Balaban J connectivity index is 2.30. The van der Waals surface area contributed by atoms with Crippen LogP contribution in [0.3, 0.4) is 0 Å². The van der Waals surface area contributed by atoms with Crippen LogP contribution in [0.5, 0.6) is 11.8 Å². The molecule has 2 aromatic rings. The van der Waals surface area contributed by atoms with Crippen molar-refractivity contribution in [1.82, 2.24) is 9.97 Å². The summed E-state index contributed by atoms with van der Waals surface area (Å²) in [5.74, 6) is 0.615. The molecule has 0 atom stereocenters. The highest BCUT2D eigenvalue weighted by atomic mass is 127. The average Bonchev–Trinajstić information content (AvgIpc) is 2.26. The maximum Gasteiger partial charge on any atom is 0.322 e. The highest BCUT2D eigenvalue weighted by Gasteiger charge is 2.06. The summed E-state index contributed by atoms with van der Waals surface area (Å²) in [6.45, 7) is 1.93. The van der Waals surface area contributed by atoms with Gasteiger partial charge in [0.25, 0.3) is 0 Å². The summed E-state index contributed by atoms with van der Waals surface area (Å²) < 4.78 is 6.51. The number of benzene rings is 1. The third-order valence-corrected chi connectivity index (χ3v) is 2.59. The molecular formula is C11H10IN3O. The summed E-state index contributed by atoms with van der Waals surface area (Å²) in [6.07, 6.45) is 3.38. The number of hydrogen-bond donors (Lipinski definition) is 1. The summed E-state index contributed by atoms with van der Waals surface area (Å²) >= 11 is 2.14. The van der Waals surface area contributed by atoms with Crippen LogP contribution in [0.25, 0.3) is 0 Å². The van der Waals surface area contributed by atoms with Gasteiger partial charge in [-0.2, -0.15) is 0 Å². The van der Waals surface area contributed by atoms with Gasteiger partial charge in [0, 0.05) is 16.0 Å². The van der Waals surface area contributed by atoms with Crippen LogP contribution in [0, 0.1) is 10.5 Å². The third-order valence-electron chi connectivity index (χ3n) is 2.03. The van der Waals surface area contributed by atoms with Crippen molar-refractivity contribution in [3.8, 4) is 11.8 Å². The molecule has 0 radical (unpaired) electrons.